The number of hydrogen-bond donors (Lipinski definition) is 1. The Labute approximate surface area is 113 Å². The van der Waals surface area contributed by atoms with Gasteiger partial charge in [-0.15, -0.1) is 0 Å². The van der Waals surface area contributed by atoms with Gasteiger partial charge in [0.05, 0.1) is 5.60 Å². The smallest absolute Gasteiger partial charge is 0.0644 e. The van der Waals surface area contributed by atoms with E-state index in [2.05, 4.69) is 27.7 Å². The SMILES string of the molecule is COC(C)(C)CCOCCCC(C)(C)CCCN. The van der Waals surface area contributed by atoms with Gasteiger partial charge in [-0.1, -0.05) is 13.8 Å². The van der Waals surface area contributed by atoms with E-state index in [-0.39, 0.29) is 5.60 Å². The van der Waals surface area contributed by atoms with Gasteiger partial charge < -0.3 is 15.2 Å². The minimum Gasteiger partial charge on any atom is -0.381 e. The second-order valence-electron chi connectivity index (χ2n) is 6.49. The Morgan fingerprint density at radius 1 is 0.889 bits per heavy atom. The largest absolute Gasteiger partial charge is 0.381 e. The van der Waals surface area contributed by atoms with Crippen molar-refractivity contribution in [3.05, 3.63) is 0 Å². The van der Waals surface area contributed by atoms with Gasteiger partial charge in [0.15, 0.2) is 0 Å². The monoisotopic (exact) mass is 259 g/mol. The molecule has 0 aliphatic rings. The molecule has 0 aromatic heterocycles. The van der Waals surface area contributed by atoms with Crippen molar-refractivity contribution >= 4 is 0 Å². The lowest BCUT2D eigenvalue weighted by Gasteiger charge is -2.25. The van der Waals surface area contributed by atoms with Crippen molar-refractivity contribution < 1.29 is 9.47 Å². The lowest BCUT2D eigenvalue weighted by atomic mass is 9.83. The Bertz CT molecular complexity index is 203. The maximum atomic E-state index is 5.67. The molecule has 18 heavy (non-hydrogen) atoms. The summed E-state index contributed by atoms with van der Waals surface area (Å²) in [6.45, 7) is 11.2. The van der Waals surface area contributed by atoms with Crippen molar-refractivity contribution in [2.45, 2.75) is 65.4 Å². The van der Waals surface area contributed by atoms with Crippen molar-refractivity contribution in [2.24, 2.45) is 11.1 Å². The predicted molar refractivity (Wildman–Crippen MR) is 77.8 cm³/mol. The van der Waals surface area contributed by atoms with Crippen LogP contribution in [-0.2, 0) is 9.47 Å². The standard InChI is InChI=1S/C15H33NO2/c1-14(2,8-6-11-16)9-7-12-18-13-10-15(3,4)17-5/h6-13,16H2,1-5H3. The van der Waals surface area contributed by atoms with E-state index in [0.29, 0.717) is 5.41 Å². The van der Waals surface area contributed by atoms with E-state index < -0.39 is 0 Å². The molecule has 110 valence electrons. The molecule has 0 unspecified atom stereocenters. The molecular weight excluding hydrogens is 226 g/mol. The van der Waals surface area contributed by atoms with Crippen molar-refractivity contribution in [3.63, 3.8) is 0 Å². The summed E-state index contributed by atoms with van der Waals surface area (Å²) in [6, 6.07) is 0. The van der Waals surface area contributed by atoms with Crippen LogP contribution in [0.3, 0.4) is 0 Å². The van der Waals surface area contributed by atoms with Gasteiger partial charge in [-0.2, -0.15) is 0 Å². The maximum Gasteiger partial charge on any atom is 0.0644 e. The van der Waals surface area contributed by atoms with Crippen LogP contribution in [0.2, 0.25) is 0 Å². The molecule has 0 rings (SSSR count). The summed E-state index contributed by atoms with van der Waals surface area (Å²) in [5, 5.41) is 0. The fourth-order valence-corrected chi connectivity index (χ4v) is 1.88. The van der Waals surface area contributed by atoms with Gasteiger partial charge >= 0.3 is 0 Å². The molecular formula is C15H33NO2. The van der Waals surface area contributed by atoms with Gasteiger partial charge in [-0.05, 0) is 57.9 Å². The number of hydrogen-bond acceptors (Lipinski definition) is 3. The molecule has 0 aromatic carbocycles. The van der Waals surface area contributed by atoms with Gasteiger partial charge in [0.25, 0.3) is 0 Å². The Morgan fingerprint density at radius 3 is 2.06 bits per heavy atom. The van der Waals surface area contributed by atoms with E-state index in [4.69, 9.17) is 15.2 Å². The zero-order valence-electron chi connectivity index (χ0n) is 13.1. The first-order valence-electron chi connectivity index (χ1n) is 7.16. The molecule has 2 N–H and O–H groups in total. The van der Waals surface area contributed by atoms with E-state index in [0.717, 1.165) is 39.0 Å². The minimum absolute atomic E-state index is 0.0691. The van der Waals surface area contributed by atoms with Crippen LogP contribution in [0, 0.1) is 5.41 Å². The maximum absolute atomic E-state index is 5.67. The van der Waals surface area contributed by atoms with E-state index in [1.807, 2.05) is 0 Å². The number of nitrogens with two attached hydrogens (primary N) is 1. The van der Waals surface area contributed by atoms with Crippen LogP contribution in [0.4, 0.5) is 0 Å². The third-order valence-electron chi connectivity index (χ3n) is 3.60. The van der Waals surface area contributed by atoms with Crippen molar-refractivity contribution in [1.82, 2.24) is 0 Å². The molecule has 3 nitrogen and oxygen atoms in total. The first-order valence-corrected chi connectivity index (χ1v) is 7.16. The van der Waals surface area contributed by atoms with Crippen LogP contribution < -0.4 is 5.73 Å². The van der Waals surface area contributed by atoms with Gasteiger partial charge in [-0.25, -0.2) is 0 Å². The zero-order valence-corrected chi connectivity index (χ0v) is 13.1. The average molecular weight is 259 g/mol. The third-order valence-corrected chi connectivity index (χ3v) is 3.60. The first-order chi connectivity index (χ1) is 8.33. The Hall–Kier alpha value is -0.120. The van der Waals surface area contributed by atoms with Crippen LogP contribution in [0.5, 0.6) is 0 Å². The van der Waals surface area contributed by atoms with Crippen LogP contribution in [0.1, 0.15) is 59.8 Å². The molecule has 0 atom stereocenters. The molecule has 0 aliphatic heterocycles. The quantitative estimate of drug-likeness (QED) is 0.579. The molecule has 0 heterocycles. The van der Waals surface area contributed by atoms with Crippen molar-refractivity contribution in [2.75, 3.05) is 26.9 Å². The molecule has 3 heteroatoms. The van der Waals surface area contributed by atoms with Crippen molar-refractivity contribution in [3.8, 4) is 0 Å². The second-order valence-corrected chi connectivity index (χ2v) is 6.49. The van der Waals surface area contributed by atoms with Crippen LogP contribution in [0.25, 0.3) is 0 Å². The Kier molecular flexibility index (Phi) is 8.83. The molecule has 0 bridgehead atoms. The third kappa shape index (κ3) is 9.86. The first kappa shape index (κ1) is 17.9. The second kappa shape index (κ2) is 8.89. The average Bonchev–Trinajstić information content (AvgIpc) is 2.31. The van der Waals surface area contributed by atoms with E-state index in [1.54, 1.807) is 7.11 Å². The highest BCUT2D eigenvalue weighted by molar-refractivity contribution is 4.69. The normalized spacial score (nSPS) is 13.0. The fraction of sp³-hybridized carbons (Fsp3) is 1.00. The van der Waals surface area contributed by atoms with Gasteiger partial charge in [0, 0.05) is 20.3 Å². The van der Waals surface area contributed by atoms with Gasteiger partial charge in [0.2, 0.25) is 0 Å². The molecule has 0 spiro atoms. The zero-order chi connectivity index (χ0) is 14.1. The van der Waals surface area contributed by atoms with Crippen LogP contribution >= 0.6 is 0 Å². The van der Waals surface area contributed by atoms with Crippen LogP contribution in [-0.4, -0.2) is 32.5 Å². The van der Waals surface area contributed by atoms with Gasteiger partial charge in [0.1, 0.15) is 0 Å². The van der Waals surface area contributed by atoms with Crippen LogP contribution in [0.15, 0.2) is 0 Å². The number of rotatable bonds is 11. The Morgan fingerprint density at radius 2 is 1.50 bits per heavy atom. The predicted octanol–water partition coefficient (Wildman–Crippen LogP) is 3.36. The highest BCUT2D eigenvalue weighted by Gasteiger charge is 2.17. The van der Waals surface area contributed by atoms with Gasteiger partial charge in [-0.3, -0.25) is 0 Å². The highest BCUT2D eigenvalue weighted by Crippen LogP contribution is 2.27. The minimum atomic E-state index is -0.0691. The fourth-order valence-electron chi connectivity index (χ4n) is 1.88. The summed E-state index contributed by atoms with van der Waals surface area (Å²) >= 11 is 0. The molecule has 0 aliphatic carbocycles. The highest BCUT2D eigenvalue weighted by atomic mass is 16.5. The lowest BCUT2D eigenvalue weighted by molar-refractivity contribution is -0.0108. The Balaban J connectivity index is 3.50. The molecule has 0 amide bonds. The summed E-state index contributed by atoms with van der Waals surface area (Å²) in [7, 11) is 1.75. The molecule has 0 fully saturated rings. The molecule has 0 saturated carbocycles. The van der Waals surface area contributed by atoms with E-state index >= 15 is 0 Å². The van der Waals surface area contributed by atoms with Crippen molar-refractivity contribution in [1.29, 1.82) is 0 Å². The summed E-state index contributed by atoms with van der Waals surface area (Å²) in [5.41, 5.74) is 5.88. The summed E-state index contributed by atoms with van der Waals surface area (Å²) in [4.78, 5) is 0. The lowest BCUT2D eigenvalue weighted by Crippen LogP contribution is -2.24. The number of ether oxygens (including phenoxy) is 2. The molecule has 0 aromatic rings. The molecule has 0 radical (unpaired) electrons. The van der Waals surface area contributed by atoms with E-state index in [1.165, 1.54) is 12.8 Å². The summed E-state index contributed by atoms with van der Waals surface area (Å²) in [6.07, 6.45) is 5.61. The summed E-state index contributed by atoms with van der Waals surface area (Å²) < 4.78 is 11.0. The number of methoxy groups -OCH3 is 1. The molecule has 0 saturated heterocycles. The van der Waals surface area contributed by atoms with E-state index in [9.17, 15) is 0 Å². The topological polar surface area (TPSA) is 44.5 Å². The summed E-state index contributed by atoms with van der Waals surface area (Å²) in [5.74, 6) is 0.